The van der Waals surface area contributed by atoms with E-state index < -0.39 is 0 Å². The predicted octanol–water partition coefficient (Wildman–Crippen LogP) is 5.28. The number of piperazine rings is 1. The number of ether oxygens (including phenoxy) is 2. The number of hydrogen-bond acceptors (Lipinski definition) is 6. The van der Waals surface area contributed by atoms with Crippen molar-refractivity contribution < 1.29 is 14.3 Å². The number of fused-ring (bicyclic) bond motifs is 3. The Morgan fingerprint density at radius 3 is 2.35 bits per heavy atom. The molecule has 1 amide bonds. The van der Waals surface area contributed by atoms with Gasteiger partial charge in [-0.25, -0.2) is 4.98 Å². The molecule has 3 heterocycles. The smallest absolute Gasteiger partial charge is 0.234 e. The van der Waals surface area contributed by atoms with E-state index in [9.17, 15) is 4.79 Å². The van der Waals surface area contributed by atoms with Gasteiger partial charge < -0.3 is 19.3 Å². The predicted molar refractivity (Wildman–Crippen MR) is 134 cm³/mol. The van der Waals surface area contributed by atoms with E-state index >= 15 is 0 Å². The number of hydrogen-bond donors (Lipinski definition) is 0. The van der Waals surface area contributed by atoms with Crippen molar-refractivity contribution in [3.8, 4) is 17.2 Å². The van der Waals surface area contributed by atoms with Crippen LogP contribution in [0.2, 0.25) is 0 Å². The lowest BCUT2D eigenvalue weighted by atomic mass is 9.86. The van der Waals surface area contributed by atoms with Crippen LogP contribution in [0.25, 0.3) is 10.2 Å². The van der Waals surface area contributed by atoms with Gasteiger partial charge in [0.1, 0.15) is 17.2 Å². The fourth-order valence-electron chi connectivity index (χ4n) is 4.76. The molecular formula is C27H25N3O3S. The van der Waals surface area contributed by atoms with Crippen LogP contribution < -0.4 is 14.4 Å². The third-order valence-corrected chi connectivity index (χ3v) is 7.53. The molecule has 1 fully saturated rings. The zero-order chi connectivity index (χ0) is 23.1. The van der Waals surface area contributed by atoms with Crippen molar-refractivity contribution in [3.63, 3.8) is 0 Å². The second-order valence-electron chi connectivity index (χ2n) is 8.48. The molecule has 0 radical (unpaired) electrons. The standard InChI is InChI=1S/C27H25N3O3S/c1-2-32-18-11-12-21-24(17-18)34-27(28-21)30-15-13-29(14-16-30)26(31)25-19-7-3-5-9-22(19)33-23-10-6-4-8-20(23)25/h3-12,17,25H,2,13-16H2,1H3. The van der Waals surface area contributed by atoms with E-state index in [4.69, 9.17) is 14.5 Å². The number of amides is 1. The van der Waals surface area contributed by atoms with Crippen LogP contribution in [0, 0.1) is 0 Å². The summed E-state index contributed by atoms with van der Waals surface area (Å²) in [4.78, 5) is 22.9. The van der Waals surface area contributed by atoms with Crippen LogP contribution in [0.15, 0.2) is 66.7 Å². The molecule has 3 aromatic carbocycles. The van der Waals surface area contributed by atoms with E-state index in [1.807, 2.05) is 72.5 Å². The summed E-state index contributed by atoms with van der Waals surface area (Å²) in [7, 11) is 0. The van der Waals surface area contributed by atoms with Crippen LogP contribution >= 0.6 is 11.3 Å². The Hall–Kier alpha value is -3.58. The van der Waals surface area contributed by atoms with Crippen molar-refractivity contribution in [2.45, 2.75) is 12.8 Å². The highest BCUT2D eigenvalue weighted by Gasteiger charge is 2.36. The molecule has 7 heteroatoms. The van der Waals surface area contributed by atoms with E-state index in [2.05, 4.69) is 11.0 Å². The molecule has 0 N–H and O–H groups in total. The van der Waals surface area contributed by atoms with Crippen molar-refractivity contribution in [1.82, 2.24) is 9.88 Å². The normalized spacial score (nSPS) is 15.6. The van der Waals surface area contributed by atoms with Crippen LogP contribution in [-0.2, 0) is 4.79 Å². The second kappa shape index (κ2) is 8.65. The lowest BCUT2D eigenvalue weighted by Gasteiger charge is -2.37. The topological polar surface area (TPSA) is 54.9 Å². The first-order chi connectivity index (χ1) is 16.7. The van der Waals surface area contributed by atoms with Crippen LogP contribution in [0.4, 0.5) is 5.13 Å². The molecule has 0 atom stereocenters. The van der Waals surface area contributed by atoms with E-state index in [1.165, 1.54) is 0 Å². The Bertz CT molecular complexity index is 1310. The minimum Gasteiger partial charge on any atom is -0.494 e. The molecule has 6 nitrogen and oxygen atoms in total. The van der Waals surface area contributed by atoms with Gasteiger partial charge in [0.05, 0.1) is 22.7 Å². The number of benzene rings is 3. The molecule has 0 unspecified atom stereocenters. The summed E-state index contributed by atoms with van der Waals surface area (Å²) < 4.78 is 12.8. The van der Waals surface area contributed by atoms with Crippen molar-refractivity contribution >= 4 is 32.6 Å². The highest BCUT2D eigenvalue weighted by Crippen LogP contribution is 2.44. The van der Waals surface area contributed by atoms with Gasteiger partial charge in [-0.3, -0.25) is 4.79 Å². The molecule has 2 aliphatic heterocycles. The quantitative estimate of drug-likeness (QED) is 0.405. The summed E-state index contributed by atoms with van der Waals surface area (Å²) in [6.07, 6.45) is 0. The van der Waals surface area contributed by atoms with Crippen molar-refractivity contribution in [3.05, 3.63) is 77.9 Å². The summed E-state index contributed by atoms with van der Waals surface area (Å²) in [5.74, 6) is 2.19. The number of aromatic nitrogens is 1. The number of thiazole rings is 1. The fourth-order valence-corrected chi connectivity index (χ4v) is 5.81. The molecule has 0 aliphatic carbocycles. The summed E-state index contributed by atoms with van der Waals surface area (Å²) in [6.45, 7) is 5.49. The Morgan fingerprint density at radius 2 is 1.68 bits per heavy atom. The number of anilines is 1. The lowest BCUT2D eigenvalue weighted by Crippen LogP contribution is -2.50. The molecule has 0 spiro atoms. The minimum atomic E-state index is -0.341. The molecule has 172 valence electrons. The Balaban J connectivity index is 1.21. The Kier molecular flexibility index (Phi) is 5.34. The summed E-state index contributed by atoms with van der Waals surface area (Å²) in [5.41, 5.74) is 2.85. The highest BCUT2D eigenvalue weighted by atomic mass is 32.1. The zero-order valence-corrected chi connectivity index (χ0v) is 19.8. The van der Waals surface area contributed by atoms with E-state index in [0.717, 1.165) is 56.8 Å². The summed E-state index contributed by atoms with van der Waals surface area (Å²) in [6, 6.07) is 21.8. The molecule has 34 heavy (non-hydrogen) atoms. The monoisotopic (exact) mass is 471 g/mol. The van der Waals surface area contributed by atoms with Crippen LogP contribution in [0.1, 0.15) is 24.0 Å². The van der Waals surface area contributed by atoms with Gasteiger partial charge in [0, 0.05) is 37.3 Å². The Labute approximate surface area is 202 Å². The SMILES string of the molecule is CCOc1ccc2nc(N3CCN(C(=O)C4c5ccccc5Oc5ccccc54)CC3)sc2c1. The molecule has 1 aromatic heterocycles. The van der Waals surface area contributed by atoms with Gasteiger partial charge in [-0.05, 0) is 37.3 Å². The molecule has 0 saturated carbocycles. The van der Waals surface area contributed by atoms with Gasteiger partial charge in [0.25, 0.3) is 0 Å². The van der Waals surface area contributed by atoms with Crippen molar-refractivity contribution in [1.29, 1.82) is 0 Å². The lowest BCUT2D eigenvalue weighted by molar-refractivity contribution is -0.132. The van der Waals surface area contributed by atoms with Crippen LogP contribution in [0.5, 0.6) is 17.2 Å². The average Bonchev–Trinajstić information content (AvgIpc) is 3.31. The largest absolute Gasteiger partial charge is 0.494 e. The van der Waals surface area contributed by atoms with Crippen molar-refractivity contribution in [2.75, 3.05) is 37.7 Å². The van der Waals surface area contributed by atoms with E-state index in [-0.39, 0.29) is 11.8 Å². The zero-order valence-electron chi connectivity index (χ0n) is 18.9. The first-order valence-corrected chi connectivity index (χ1v) is 12.5. The first-order valence-electron chi connectivity index (χ1n) is 11.6. The maximum Gasteiger partial charge on any atom is 0.234 e. The van der Waals surface area contributed by atoms with Gasteiger partial charge >= 0.3 is 0 Å². The highest BCUT2D eigenvalue weighted by molar-refractivity contribution is 7.22. The number of carbonyl (C=O) groups excluding carboxylic acids is 1. The molecule has 4 aromatic rings. The van der Waals surface area contributed by atoms with Gasteiger partial charge in [0.2, 0.25) is 5.91 Å². The number of rotatable bonds is 4. The average molecular weight is 472 g/mol. The minimum absolute atomic E-state index is 0.133. The second-order valence-corrected chi connectivity index (χ2v) is 9.49. The third-order valence-electron chi connectivity index (χ3n) is 6.45. The van der Waals surface area contributed by atoms with Crippen LogP contribution in [0.3, 0.4) is 0 Å². The molecular weight excluding hydrogens is 446 g/mol. The molecule has 6 rings (SSSR count). The third kappa shape index (κ3) is 3.66. The molecule has 0 bridgehead atoms. The van der Waals surface area contributed by atoms with Gasteiger partial charge in [-0.2, -0.15) is 0 Å². The van der Waals surface area contributed by atoms with E-state index in [1.54, 1.807) is 11.3 Å². The molecule has 2 aliphatic rings. The van der Waals surface area contributed by atoms with Gasteiger partial charge in [0.15, 0.2) is 5.13 Å². The van der Waals surface area contributed by atoms with Gasteiger partial charge in [-0.1, -0.05) is 47.7 Å². The number of para-hydroxylation sites is 2. The maximum atomic E-state index is 13.8. The van der Waals surface area contributed by atoms with Gasteiger partial charge in [-0.15, -0.1) is 0 Å². The number of carbonyl (C=O) groups is 1. The fraction of sp³-hybridized carbons (Fsp3) is 0.259. The number of nitrogens with zero attached hydrogens (tertiary/aromatic N) is 3. The molecule has 1 saturated heterocycles. The maximum absolute atomic E-state index is 13.8. The van der Waals surface area contributed by atoms with E-state index in [0.29, 0.717) is 19.7 Å². The van der Waals surface area contributed by atoms with Crippen LogP contribution in [-0.4, -0.2) is 48.6 Å². The van der Waals surface area contributed by atoms with Crippen molar-refractivity contribution in [2.24, 2.45) is 0 Å². The summed E-state index contributed by atoms with van der Waals surface area (Å²) >= 11 is 1.68. The Morgan fingerprint density at radius 1 is 1.00 bits per heavy atom. The summed E-state index contributed by atoms with van der Waals surface area (Å²) in [5, 5.41) is 0.998. The first kappa shape index (κ1) is 21.0.